The van der Waals surface area contributed by atoms with Crippen LogP contribution in [0.1, 0.15) is 47.3 Å². The normalized spacial score (nSPS) is 16.3. The molecule has 1 heterocycles. The van der Waals surface area contributed by atoms with E-state index in [9.17, 15) is 13.2 Å². The number of carbonyl (C=O) groups is 1. The zero-order valence-electron chi connectivity index (χ0n) is 16.9. The van der Waals surface area contributed by atoms with Crippen molar-refractivity contribution in [2.24, 2.45) is 0 Å². The predicted molar refractivity (Wildman–Crippen MR) is 112 cm³/mol. The molecule has 1 aliphatic rings. The van der Waals surface area contributed by atoms with Crippen molar-refractivity contribution in [3.63, 3.8) is 0 Å². The fourth-order valence-electron chi connectivity index (χ4n) is 3.47. The molecule has 0 radical (unpaired) electrons. The van der Waals surface area contributed by atoms with Crippen LogP contribution in [0.3, 0.4) is 0 Å². The van der Waals surface area contributed by atoms with Crippen LogP contribution in [0.4, 0.5) is 0 Å². The number of amides is 1. The van der Waals surface area contributed by atoms with E-state index >= 15 is 0 Å². The number of benzene rings is 2. The second kappa shape index (κ2) is 9.52. The molecule has 0 bridgehead atoms. The number of ether oxygens (including phenoxy) is 1. The lowest BCUT2D eigenvalue weighted by Gasteiger charge is -2.26. The molecular formula is C22H28N2O4S. The van der Waals surface area contributed by atoms with Crippen molar-refractivity contribution < 1.29 is 17.9 Å². The van der Waals surface area contributed by atoms with Crippen LogP contribution in [0.25, 0.3) is 0 Å². The molecule has 0 aromatic heterocycles. The van der Waals surface area contributed by atoms with Gasteiger partial charge in [-0.15, -0.1) is 0 Å². The molecule has 0 saturated carbocycles. The van der Waals surface area contributed by atoms with Crippen molar-refractivity contribution >= 4 is 15.9 Å². The molecule has 2 aromatic carbocycles. The van der Waals surface area contributed by atoms with Crippen LogP contribution in [-0.2, 0) is 14.8 Å². The van der Waals surface area contributed by atoms with Gasteiger partial charge in [0.1, 0.15) is 0 Å². The van der Waals surface area contributed by atoms with E-state index in [1.54, 1.807) is 12.1 Å². The predicted octanol–water partition coefficient (Wildman–Crippen LogP) is 3.29. The SMILES string of the molecule is CCC[C@H](NC(=O)c1cc(S(=O)(=O)N2CCOCC2)ccc1C)c1ccccc1. The number of hydrogen-bond acceptors (Lipinski definition) is 4. The van der Waals surface area contributed by atoms with Crippen LogP contribution in [0.5, 0.6) is 0 Å². The molecular weight excluding hydrogens is 388 g/mol. The van der Waals surface area contributed by atoms with Gasteiger partial charge >= 0.3 is 0 Å². The monoisotopic (exact) mass is 416 g/mol. The van der Waals surface area contributed by atoms with Crippen molar-refractivity contribution in [1.82, 2.24) is 9.62 Å². The van der Waals surface area contributed by atoms with Gasteiger partial charge in [-0.25, -0.2) is 8.42 Å². The van der Waals surface area contributed by atoms with E-state index in [4.69, 9.17) is 4.74 Å². The van der Waals surface area contributed by atoms with Gasteiger partial charge < -0.3 is 10.1 Å². The Kier molecular flexibility index (Phi) is 7.05. The average Bonchev–Trinajstić information content (AvgIpc) is 2.74. The quantitative estimate of drug-likeness (QED) is 0.752. The molecule has 1 saturated heterocycles. The zero-order valence-corrected chi connectivity index (χ0v) is 17.7. The topological polar surface area (TPSA) is 75.7 Å². The van der Waals surface area contributed by atoms with Crippen molar-refractivity contribution in [1.29, 1.82) is 0 Å². The Morgan fingerprint density at radius 3 is 2.48 bits per heavy atom. The summed E-state index contributed by atoms with van der Waals surface area (Å²) in [6.45, 7) is 5.30. The van der Waals surface area contributed by atoms with Gasteiger partial charge in [-0.05, 0) is 36.6 Å². The van der Waals surface area contributed by atoms with Crippen molar-refractivity contribution in [2.75, 3.05) is 26.3 Å². The highest BCUT2D eigenvalue weighted by Gasteiger charge is 2.27. The smallest absolute Gasteiger partial charge is 0.252 e. The molecule has 1 aliphatic heterocycles. The highest BCUT2D eigenvalue weighted by Crippen LogP contribution is 2.23. The van der Waals surface area contributed by atoms with Gasteiger partial charge in [0.25, 0.3) is 5.91 Å². The second-order valence-electron chi connectivity index (χ2n) is 7.22. The summed E-state index contributed by atoms with van der Waals surface area (Å²) >= 11 is 0. The van der Waals surface area contributed by atoms with Crippen LogP contribution in [-0.4, -0.2) is 44.9 Å². The van der Waals surface area contributed by atoms with Gasteiger partial charge in [-0.2, -0.15) is 4.31 Å². The van der Waals surface area contributed by atoms with E-state index in [1.165, 1.54) is 10.4 Å². The van der Waals surface area contributed by atoms with E-state index in [0.717, 1.165) is 24.0 Å². The van der Waals surface area contributed by atoms with E-state index < -0.39 is 10.0 Å². The van der Waals surface area contributed by atoms with Crippen molar-refractivity contribution in [3.8, 4) is 0 Å². The number of sulfonamides is 1. The highest BCUT2D eigenvalue weighted by atomic mass is 32.2. The molecule has 1 N–H and O–H groups in total. The first-order chi connectivity index (χ1) is 13.9. The molecule has 6 nitrogen and oxygen atoms in total. The summed E-state index contributed by atoms with van der Waals surface area (Å²) in [4.78, 5) is 13.2. The summed E-state index contributed by atoms with van der Waals surface area (Å²) in [6, 6.07) is 14.5. The Morgan fingerprint density at radius 1 is 1.14 bits per heavy atom. The van der Waals surface area contributed by atoms with Crippen LogP contribution in [0.2, 0.25) is 0 Å². The molecule has 156 valence electrons. The van der Waals surface area contributed by atoms with E-state index in [2.05, 4.69) is 12.2 Å². The number of aryl methyl sites for hydroxylation is 1. The molecule has 2 aromatic rings. The summed E-state index contributed by atoms with van der Waals surface area (Å²) in [6.07, 6.45) is 1.73. The minimum absolute atomic E-state index is 0.118. The number of morpholine rings is 1. The summed E-state index contributed by atoms with van der Waals surface area (Å²) in [5, 5.41) is 3.08. The second-order valence-corrected chi connectivity index (χ2v) is 9.16. The molecule has 3 rings (SSSR count). The number of nitrogens with one attached hydrogen (secondary N) is 1. The van der Waals surface area contributed by atoms with E-state index in [0.29, 0.717) is 31.9 Å². The van der Waals surface area contributed by atoms with Crippen LogP contribution >= 0.6 is 0 Å². The average molecular weight is 417 g/mol. The van der Waals surface area contributed by atoms with Gasteiger partial charge in [0, 0.05) is 18.7 Å². The number of carbonyl (C=O) groups excluding carboxylic acids is 1. The first-order valence-corrected chi connectivity index (χ1v) is 11.4. The van der Waals surface area contributed by atoms with E-state index in [1.807, 2.05) is 37.3 Å². The molecule has 29 heavy (non-hydrogen) atoms. The lowest BCUT2D eigenvalue weighted by atomic mass is 10.0. The summed E-state index contributed by atoms with van der Waals surface area (Å²) in [7, 11) is -3.65. The minimum atomic E-state index is -3.65. The van der Waals surface area contributed by atoms with Gasteiger partial charge in [0.15, 0.2) is 0 Å². The Morgan fingerprint density at radius 2 is 1.83 bits per heavy atom. The number of rotatable bonds is 7. The van der Waals surface area contributed by atoms with Crippen LogP contribution in [0, 0.1) is 6.92 Å². The van der Waals surface area contributed by atoms with Crippen LogP contribution in [0.15, 0.2) is 53.4 Å². The summed E-state index contributed by atoms with van der Waals surface area (Å²) in [5.74, 6) is -0.260. The Bertz CT molecular complexity index is 939. The lowest BCUT2D eigenvalue weighted by Crippen LogP contribution is -2.40. The van der Waals surface area contributed by atoms with Gasteiger partial charge in [-0.1, -0.05) is 49.7 Å². The fourth-order valence-corrected chi connectivity index (χ4v) is 4.91. The molecule has 1 atom stereocenters. The third-order valence-electron chi connectivity index (χ3n) is 5.15. The maximum Gasteiger partial charge on any atom is 0.252 e. The molecule has 0 aliphatic carbocycles. The molecule has 0 unspecified atom stereocenters. The standard InChI is InChI=1S/C22H28N2O4S/c1-3-7-21(18-8-5-4-6-9-18)23-22(25)20-16-19(11-10-17(20)2)29(26,27)24-12-14-28-15-13-24/h4-6,8-11,16,21H,3,7,12-15H2,1-2H3,(H,23,25)/t21-/m0/s1. The maximum absolute atomic E-state index is 13.0. The summed E-state index contributed by atoms with van der Waals surface area (Å²) < 4.78 is 32.6. The Hall–Kier alpha value is -2.22. The first kappa shape index (κ1) is 21.5. The maximum atomic E-state index is 13.0. The van der Waals surface area contributed by atoms with E-state index in [-0.39, 0.29) is 16.8 Å². The zero-order chi connectivity index (χ0) is 20.9. The minimum Gasteiger partial charge on any atom is -0.379 e. The molecule has 1 amide bonds. The number of hydrogen-bond donors (Lipinski definition) is 1. The fraction of sp³-hybridized carbons (Fsp3) is 0.409. The number of nitrogens with zero attached hydrogens (tertiary/aromatic N) is 1. The van der Waals surface area contributed by atoms with Crippen molar-refractivity contribution in [3.05, 3.63) is 65.2 Å². The van der Waals surface area contributed by atoms with Gasteiger partial charge in [0.05, 0.1) is 24.2 Å². The molecule has 7 heteroatoms. The first-order valence-electron chi connectivity index (χ1n) is 9.98. The molecule has 0 spiro atoms. The highest BCUT2D eigenvalue weighted by molar-refractivity contribution is 7.89. The van der Waals surface area contributed by atoms with Gasteiger partial charge in [-0.3, -0.25) is 4.79 Å². The third-order valence-corrected chi connectivity index (χ3v) is 7.04. The largest absolute Gasteiger partial charge is 0.379 e. The van der Waals surface area contributed by atoms with Gasteiger partial charge in [0.2, 0.25) is 10.0 Å². The Balaban J connectivity index is 1.86. The molecule has 1 fully saturated rings. The Labute approximate surface area is 172 Å². The summed E-state index contributed by atoms with van der Waals surface area (Å²) in [5.41, 5.74) is 2.17. The lowest BCUT2D eigenvalue weighted by molar-refractivity contribution is 0.0730. The third kappa shape index (κ3) is 5.04. The van der Waals surface area contributed by atoms with Crippen LogP contribution < -0.4 is 5.32 Å². The van der Waals surface area contributed by atoms with Crippen molar-refractivity contribution in [2.45, 2.75) is 37.6 Å².